The van der Waals surface area contributed by atoms with Gasteiger partial charge in [-0.05, 0) is 55.7 Å². The lowest BCUT2D eigenvalue weighted by molar-refractivity contribution is 0.0600. The van der Waals surface area contributed by atoms with Crippen molar-refractivity contribution in [2.45, 2.75) is 24.2 Å². The van der Waals surface area contributed by atoms with Crippen molar-refractivity contribution in [1.29, 1.82) is 0 Å². The van der Waals surface area contributed by atoms with Crippen molar-refractivity contribution >= 4 is 27.6 Å². The second-order valence-corrected chi connectivity index (χ2v) is 8.58. The van der Waals surface area contributed by atoms with Gasteiger partial charge in [0.1, 0.15) is 5.75 Å². The number of hydrogen-bond acceptors (Lipinski definition) is 6. The molecule has 0 unspecified atom stereocenters. The van der Waals surface area contributed by atoms with Crippen molar-refractivity contribution in [3.63, 3.8) is 0 Å². The Morgan fingerprint density at radius 1 is 1.00 bits per heavy atom. The van der Waals surface area contributed by atoms with Gasteiger partial charge in [-0.1, -0.05) is 6.07 Å². The summed E-state index contributed by atoms with van der Waals surface area (Å²) in [5, 5.41) is 0. The van der Waals surface area contributed by atoms with Crippen molar-refractivity contribution < 1.29 is 27.5 Å². The Bertz CT molecular complexity index is 1050. The number of nitrogens with one attached hydrogen (secondary N) is 1. The zero-order valence-electron chi connectivity index (χ0n) is 16.9. The van der Waals surface area contributed by atoms with Crippen LogP contribution in [-0.4, -0.2) is 52.5 Å². The van der Waals surface area contributed by atoms with Crippen LogP contribution in [0, 0.1) is 0 Å². The van der Waals surface area contributed by atoms with Gasteiger partial charge in [0.15, 0.2) is 0 Å². The fraction of sp³-hybridized carbons (Fsp3) is 0.333. The molecule has 1 heterocycles. The molecule has 1 amide bonds. The predicted molar refractivity (Wildman–Crippen MR) is 111 cm³/mol. The molecule has 30 heavy (non-hydrogen) atoms. The van der Waals surface area contributed by atoms with Crippen LogP contribution in [0.3, 0.4) is 0 Å². The molecule has 0 radical (unpaired) electrons. The van der Waals surface area contributed by atoms with Crippen molar-refractivity contribution in [3.05, 3.63) is 53.6 Å². The van der Waals surface area contributed by atoms with Gasteiger partial charge < -0.3 is 14.4 Å². The van der Waals surface area contributed by atoms with Crippen LogP contribution in [0.5, 0.6) is 5.75 Å². The lowest BCUT2D eigenvalue weighted by Crippen LogP contribution is -2.35. The Balaban J connectivity index is 1.91. The normalized spacial score (nSPS) is 14.1. The van der Waals surface area contributed by atoms with Crippen LogP contribution >= 0.6 is 0 Å². The highest BCUT2D eigenvalue weighted by atomic mass is 32.2. The first-order valence-corrected chi connectivity index (χ1v) is 11.0. The number of anilines is 1. The van der Waals surface area contributed by atoms with Gasteiger partial charge in [0.05, 0.1) is 30.2 Å². The third-order valence-electron chi connectivity index (χ3n) is 4.89. The van der Waals surface area contributed by atoms with E-state index in [4.69, 9.17) is 4.74 Å². The maximum atomic E-state index is 12.9. The summed E-state index contributed by atoms with van der Waals surface area (Å²) in [5.74, 6) is -0.511. The molecule has 160 valence electrons. The summed E-state index contributed by atoms with van der Waals surface area (Å²) in [5.41, 5.74) is 0.622. The van der Waals surface area contributed by atoms with E-state index >= 15 is 0 Å². The molecule has 3 rings (SSSR count). The standard InChI is InChI=1S/C21H24N2O6S/c1-28-19-10-9-17(14-18(19)20(24)23-11-4-3-5-12-23)30(26,27)22-16-8-6-7-15(13-16)21(25)29-2/h6-10,13-14,22H,3-5,11-12H2,1-2H3. The maximum Gasteiger partial charge on any atom is 0.337 e. The van der Waals surface area contributed by atoms with E-state index in [0.29, 0.717) is 18.8 Å². The van der Waals surface area contributed by atoms with Crippen molar-refractivity contribution in [3.8, 4) is 5.75 Å². The third-order valence-corrected chi connectivity index (χ3v) is 6.27. The molecule has 2 aromatic rings. The SMILES string of the molecule is COC(=O)c1cccc(NS(=O)(=O)c2ccc(OC)c(C(=O)N3CCCCC3)c2)c1. The van der Waals surface area contributed by atoms with E-state index in [9.17, 15) is 18.0 Å². The van der Waals surface area contributed by atoms with Gasteiger partial charge in [-0.25, -0.2) is 13.2 Å². The van der Waals surface area contributed by atoms with Gasteiger partial charge in [-0.15, -0.1) is 0 Å². The molecule has 1 N–H and O–H groups in total. The number of amides is 1. The number of sulfonamides is 1. The van der Waals surface area contributed by atoms with E-state index in [1.54, 1.807) is 11.0 Å². The number of nitrogens with zero attached hydrogens (tertiary/aromatic N) is 1. The monoisotopic (exact) mass is 432 g/mol. The molecule has 1 aliphatic rings. The van der Waals surface area contributed by atoms with E-state index in [-0.39, 0.29) is 27.6 Å². The molecule has 0 atom stereocenters. The van der Waals surface area contributed by atoms with Gasteiger partial charge >= 0.3 is 5.97 Å². The minimum absolute atomic E-state index is 0.0767. The Morgan fingerprint density at radius 2 is 1.73 bits per heavy atom. The van der Waals surface area contributed by atoms with E-state index in [1.165, 1.54) is 50.6 Å². The van der Waals surface area contributed by atoms with E-state index < -0.39 is 16.0 Å². The average molecular weight is 432 g/mol. The average Bonchev–Trinajstić information content (AvgIpc) is 2.78. The highest BCUT2D eigenvalue weighted by molar-refractivity contribution is 7.92. The largest absolute Gasteiger partial charge is 0.496 e. The number of likely N-dealkylation sites (tertiary alicyclic amines) is 1. The molecular formula is C21H24N2O6S. The number of carbonyl (C=O) groups excluding carboxylic acids is 2. The van der Waals surface area contributed by atoms with Crippen LogP contribution in [0.4, 0.5) is 5.69 Å². The van der Waals surface area contributed by atoms with E-state index in [1.807, 2.05) is 0 Å². The van der Waals surface area contributed by atoms with Crippen molar-refractivity contribution in [2.24, 2.45) is 0 Å². The maximum absolute atomic E-state index is 12.9. The summed E-state index contributed by atoms with van der Waals surface area (Å²) in [7, 11) is -1.32. The molecular weight excluding hydrogens is 408 g/mol. The number of esters is 1. The zero-order chi connectivity index (χ0) is 21.7. The van der Waals surface area contributed by atoms with Gasteiger partial charge in [0.2, 0.25) is 0 Å². The number of ether oxygens (including phenoxy) is 2. The Kier molecular flexibility index (Phi) is 6.61. The molecule has 1 aliphatic heterocycles. The first kappa shape index (κ1) is 21.6. The molecule has 1 saturated heterocycles. The number of carbonyl (C=O) groups is 2. The summed E-state index contributed by atoms with van der Waals surface area (Å²) >= 11 is 0. The first-order valence-electron chi connectivity index (χ1n) is 9.54. The molecule has 0 bridgehead atoms. The van der Waals surface area contributed by atoms with Crippen molar-refractivity contribution in [1.82, 2.24) is 4.90 Å². The van der Waals surface area contributed by atoms with Crippen LogP contribution in [0.2, 0.25) is 0 Å². The second-order valence-electron chi connectivity index (χ2n) is 6.89. The molecule has 2 aromatic carbocycles. The van der Waals surface area contributed by atoms with Crippen LogP contribution < -0.4 is 9.46 Å². The minimum atomic E-state index is -4.00. The Hall–Kier alpha value is -3.07. The molecule has 0 saturated carbocycles. The molecule has 0 spiro atoms. The number of benzene rings is 2. The summed E-state index contributed by atoms with van der Waals surface area (Å²) in [6.07, 6.45) is 2.91. The number of hydrogen-bond donors (Lipinski definition) is 1. The molecule has 0 aliphatic carbocycles. The van der Waals surface area contributed by atoms with Crippen LogP contribution in [0.1, 0.15) is 40.0 Å². The second kappa shape index (κ2) is 9.17. The molecule has 0 aromatic heterocycles. The smallest absolute Gasteiger partial charge is 0.337 e. The fourth-order valence-corrected chi connectivity index (χ4v) is 4.41. The Labute approximate surface area is 175 Å². The topological polar surface area (TPSA) is 102 Å². The number of rotatable bonds is 6. The van der Waals surface area contributed by atoms with E-state index in [2.05, 4.69) is 9.46 Å². The minimum Gasteiger partial charge on any atom is -0.496 e. The molecule has 9 heteroatoms. The highest BCUT2D eigenvalue weighted by Gasteiger charge is 2.24. The first-order chi connectivity index (χ1) is 14.4. The summed E-state index contributed by atoms with van der Waals surface area (Å²) in [6, 6.07) is 10.1. The summed E-state index contributed by atoms with van der Waals surface area (Å²) in [6.45, 7) is 1.27. The predicted octanol–water partition coefficient (Wildman–Crippen LogP) is 2.91. The third kappa shape index (κ3) is 4.73. The number of methoxy groups -OCH3 is 2. The Morgan fingerprint density at radius 3 is 2.40 bits per heavy atom. The van der Waals surface area contributed by atoms with Gasteiger partial charge in [-0.2, -0.15) is 0 Å². The zero-order valence-corrected chi connectivity index (χ0v) is 17.7. The van der Waals surface area contributed by atoms with Crippen LogP contribution in [0.25, 0.3) is 0 Å². The molecule has 1 fully saturated rings. The van der Waals surface area contributed by atoms with Gasteiger partial charge in [0.25, 0.3) is 15.9 Å². The summed E-state index contributed by atoms with van der Waals surface area (Å²) in [4.78, 5) is 26.3. The summed E-state index contributed by atoms with van der Waals surface area (Å²) < 4.78 is 38.2. The lowest BCUT2D eigenvalue weighted by atomic mass is 10.1. The van der Waals surface area contributed by atoms with Gasteiger partial charge in [0, 0.05) is 18.8 Å². The van der Waals surface area contributed by atoms with Crippen LogP contribution in [-0.2, 0) is 14.8 Å². The van der Waals surface area contributed by atoms with Crippen LogP contribution in [0.15, 0.2) is 47.4 Å². The highest BCUT2D eigenvalue weighted by Crippen LogP contribution is 2.26. The lowest BCUT2D eigenvalue weighted by Gasteiger charge is -2.27. The van der Waals surface area contributed by atoms with Crippen molar-refractivity contribution in [2.75, 3.05) is 32.0 Å². The molecule has 8 nitrogen and oxygen atoms in total. The quantitative estimate of drug-likeness (QED) is 0.704. The fourth-order valence-electron chi connectivity index (χ4n) is 3.33. The number of piperidine rings is 1. The van der Waals surface area contributed by atoms with E-state index in [0.717, 1.165) is 19.3 Å². The van der Waals surface area contributed by atoms with Gasteiger partial charge in [-0.3, -0.25) is 9.52 Å².